The summed E-state index contributed by atoms with van der Waals surface area (Å²) in [7, 11) is -2.56. The number of fused-ring (bicyclic) bond motifs is 1. The number of hydrogen-bond acceptors (Lipinski definition) is 5. The minimum atomic E-state index is -3.79. The lowest BCUT2D eigenvalue weighted by molar-refractivity contribution is 0.0605. The highest BCUT2D eigenvalue weighted by molar-refractivity contribution is 7.89. The molecule has 2 aromatic carbocycles. The second-order valence-corrected chi connectivity index (χ2v) is 7.97. The first kappa shape index (κ1) is 17.5. The SMILES string of the molecule is COC(=O)c1sc2cccc(F)c2c1CNS(=O)(=O)c1ccccc1. The molecule has 0 spiro atoms. The Morgan fingerprint density at radius 3 is 2.56 bits per heavy atom. The van der Waals surface area contributed by atoms with Gasteiger partial charge in [-0.2, -0.15) is 0 Å². The van der Waals surface area contributed by atoms with Crippen molar-refractivity contribution >= 4 is 37.4 Å². The number of halogens is 1. The molecular weight excluding hydrogens is 365 g/mol. The quantitative estimate of drug-likeness (QED) is 0.691. The summed E-state index contributed by atoms with van der Waals surface area (Å²) < 4.78 is 46.7. The average Bonchev–Trinajstić information content (AvgIpc) is 3.00. The molecule has 0 unspecified atom stereocenters. The molecule has 3 aromatic rings. The Hall–Kier alpha value is -2.29. The molecule has 1 aromatic heterocycles. The summed E-state index contributed by atoms with van der Waals surface area (Å²) in [6.07, 6.45) is 0. The molecule has 0 saturated heterocycles. The van der Waals surface area contributed by atoms with Crippen LogP contribution in [0, 0.1) is 5.82 Å². The van der Waals surface area contributed by atoms with E-state index in [0.29, 0.717) is 4.70 Å². The standard InChI is InChI=1S/C17H14FNO4S2/c1-23-17(20)16-12(15-13(18)8-5-9-14(15)24-16)10-19-25(21,22)11-6-3-2-4-7-11/h2-9,19H,10H2,1H3. The molecule has 130 valence electrons. The van der Waals surface area contributed by atoms with Gasteiger partial charge in [-0.25, -0.2) is 22.3 Å². The molecule has 0 aliphatic carbocycles. The van der Waals surface area contributed by atoms with E-state index >= 15 is 0 Å². The van der Waals surface area contributed by atoms with E-state index in [1.54, 1.807) is 24.3 Å². The fourth-order valence-corrected chi connectivity index (χ4v) is 4.61. The highest BCUT2D eigenvalue weighted by Crippen LogP contribution is 2.34. The normalized spacial score (nSPS) is 11.6. The molecule has 0 amide bonds. The van der Waals surface area contributed by atoms with E-state index in [4.69, 9.17) is 4.74 Å². The third kappa shape index (κ3) is 3.41. The molecule has 0 saturated carbocycles. The summed E-state index contributed by atoms with van der Waals surface area (Å²) >= 11 is 1.07. The molecule has 0 fully saturated rings. The third-order valence-electron chi connectivity index (χ3n) is 3.63. The first-order chi connectivity index (χ1) is 11.9. The smallest absolute Gasteiger partial charge is 0.348 e. The monoisotopic (exact) mass is 379 g/mol. The second-order valence-electron chi connectivity index (χ2n) is 5.15. The van der Waals surface area contributed by atoms with Gasteiger partial charge in [0.2, 0.25) is 10.0 Å². The van der Waals surface area contributed by atoms with E-state index in [-0.39, 0.29) is 27.3 Å². The lowest BCUT2D eigenvalue weighted by atomic mass is 10.1. The number of hydrogen-bond donors (Lipinski definition) is 1. The predicted molar refractivity (Wildman–Crippen MR) is 93.6 cm³/mol. The zero-order valence-electron chi connectivity index (χ0n) is 13.2. The molecule has 3 rings (SSSR count). The van der Waals surface area contributed by atoms with Gasteiger partial charge >= 0.3 is 5.97 Å². The van der Waals surface area contributed by atoms with Gasteiger partial charge in [0, 0.05) is 22.2 Å². The van der Waals surface area contributed by atoms with Crippen LogP contribution in [0.25, 0.3) is 10.1 Å². The molecule has 0 radical (unpaired) electrons. The van der Waals surface area contributed by atoms with Gasteiger partial charge in [0.1, 0.15) is 10.7 Å². The van der Waals surface area contributed by atoms with Gasteiger partial charge in [-0.15, -0.1) is 11.3 Å². The predicted octanol–water partition coefficient (Wildman–Crippen LogP) is 3.31. The van der Waals surface area contributed by atoms with E-state index in [9.17, 15) is 17.6 Å². The molecule has 1 heterocycles. The number of rotatable bonds is 5. The van der Waals surface area contributed by atoms with E-state index in [0.717, 1.165) is 11.3 Å². The highest BCUT2D eigenvalue weighted by atomic mass is 32.2. The van der Waals surface area contributed by atoms with Crippen LogP contribution < -0.4 is 4.72 Å². The first-order valence-corrected chi connectivity index (χ1v) is 9.57. The number of carbonyl (C=O) groups is 1. The molecule has 25 heavy (non-hydrogen) atoms. The van der Waals surface area contributed by atoms with E-state index < -0.39 is 21.8 Å². The number of ether oxygens (including phenoxy) is 1. The largest absolute Gasteiger partial charge is 0.465 e. The van der Waals surface area contributed by atoms with Gasteiger partial charge in [0.15, 0.2) is 0 Å². The summed E-state index contributed by atoms with van der Waals surface area (Å²) in [5.74, 6) is -1.15. The zero-order chi connectivity index (χ0) is 18.0. The van der Waals surface area contributed by atoms with Crippen molar-refractivity contribution in [2.45, 2.75) is 11.4 Å². The maximum atomic E-state index is 14.2. The fourth-order valence-electron chi connectivity index (χ4n) is 2.44. The van der Waals surface area contributed by atoms with Crippen LogP contribution in [0.4, 0.5) is 4.39 Å². The van der Waals surface area contributed by atoms with Crippen LogP contribution in [-0.4, -0.2) is 21.5 Å². The first-order valence-electron chi connectivity index (χ1n) is 7.27. The van der Waals surface area contributed by atoms with Gasteiger partial charge in [-0.1, -0.05) is 24.3 Å². The summed E-state index contributed by atoms with van der Waals surface area (Å²) in [4.78, 5) is 12.3. The maximum Gasteiger partial charge on any atom is 0.348 e. The molecule has 0 atom stereocenters. The van der Waals surface area contributed by atoms with Gasteiger partial charge in [0.25, 0.3) is 0 Å². The molecule has 5 nitrogen and oxygen atoms in total. The molecule has 1 N–H and O–H groups in total. The second kappa shape index (κ2) is 6.91. The van der Waals surface area contributed by atoms with Crippen molar-refractivity contribution in [3.63, 3.8) is 0 Å². The summed E-state index contributed by atoms with van der Waals surface area (Å²) in [5.41, 5.74) is 0.268. The number of esters is 1. The Balaban J connectivity index is 2.02. The number of sulfonamides is 1. The lowest BCUT2D eigenvalue weighted by Crippen LogP contribution is -2.24. The Morgan fingerprint density at radius 2 is 1.88 bits per heavy atom. The maximum absolute atomic E-state index is 14.2. The average molecular weight is 379 g/mol. The van der Waals surface area contributed by atoms with Crippen molar-refractivity contribution in [2.24, 2.45) is 0 Å². The van der Waals surface area contributed by atoms with Gasteiger partial charge < -0.3 is 4.74 Å². The number of thiophene rings is 1. The van der Waals surface area contributed by atoms with Crippen molar-refractivity contribution in [2.75, 3.05) is 7.11 Å². The molecule has 0 aliphatic rings. The number of methoxy groups -OCH3 is 1. The topological polar surface area (TPSA) is 72.5 Å². The van der Waals surface area contributed by atoms with Crippen molar-refractivity contribution in [3.05, 3.63) is 64.8 Å². The minimum absolute atomic E-state index is 0.0922. The van der Waals surface area contributed by atoms with Crippen LogP contribution in [0.3, 0.4) is 0 Å². The van der Waals surface area contributed by atoms with Crippen molar-refractivity contribution < 1.29 is 22.3 Å². The third-order valence-corrected chi connectivity index (χ3v) is 6.22. The van der Waals surface area contributed by atoms with E-state index in [1.165, 1.54) is 31.4 Å². The van der Waals surface area contributed by atoms with Crippen molar-refractivity contribution in [1.29, 1.82) is 0 Å². The van der Waals surface area contributed by atoms with Gasteiger partial charge in [0.05, 0.1) is 12.0 Å². The summed E-state index contributed by atoms with van der Waals surface area (Å²) in [6, 6.07) is 12.3. The Morgan fingerprint density at radius 1 is 1.16 bits per heavy atom. The number of nitrogens with one attached hydrogen (secondary N) is 1. The zero-order valence-corrected chi connectivity index (χ0v) is 14.8. The molecular formula is C17H14FNO4S2. The molecule has 8 heteroatoms. The summed E-state index contributed by atoms with van der Waals surface area (Å²) in [6.45, 7) is -0.220. The minimum Gasteiger partial charge on any atom is -0.465 e. The fraction of sp³-hybridized carbons (Fsp3) is 0.118. The Kier molecular flexibility index (Phi) is 4.85. The summed E-state index contributed by atoms with van der Waals surface area (Å²) in [5, 5.41) is 0.226. The van der Waals surface area contributed by atoms with Crippen LogP contribution in [-0.2, 0) is 21.3 Å². The Bertz CT molecular complexity index is 1030. The van der Waals surface area contributed by atoms with Gasteiger partial charge in [-0.05, 0) is 24.3 Å². The van der Waals surface area contributed by atoms with Crippen LogP contribution >= 0.6 is 11.3 Å². The van der Waals surface area contributed by atoms with Crippen LogP contribution in [0.15, 0.2) is 53.4 Å². The van der Waals surface area contributed by atoms with Gasteiger partial charge in [-0.3, -0.25) is 0 Å². The van der Waals surface area contributed by atoms with Crippen LogP contribution in [0.1, 0.15) is 15.2 Å². The number of benzene rings is 2. The van der Waals surface area contributed by atoms with E-state index in [2.05, 4.69) is 4.72 Å². The van der Waals surface area contributed by atoms with Crippen molar-refractivity contribution in [1.82, 2.24) is 4.72 Å². The van der Waals surface area contributed by atoms with Crippen molar-refractivity contribution in [3.8, 4) is 0 Å². The molecule has 0 aliphatic heterocycles. The molecule has 0 bridgehead atoms. The van der Waals surface area contributed by atoms with Crippen LogP contribution in [0.5, 0.6) is 0 Å². The van der Waals surface area contributed by atoms with Crippen LogP contribution in [0.2, 0.25) is 0 Å². The lowest BCUT2D eigenvalue weighted by Gasteiger charge is -2.08. The highest BCUT2D eigenvalue weighted by Gasteiger charge is 2.23. The van der Waals surface area contributed by atoms with E-state index in [1.807, 2.05) is 0 Å². The number of carbonyl (C=O) groups excluding carboxylic acids is 1. The Labute approximate surface area is 148 Å².